The van der Waals surface area contributed by atoms with Gasteiger partial charge in [-0.1, -0.05) is 19.0 Å². The lowest BCUT2D eigenvalue weighted by Crippen LogP contribution is -2.13. The van der Waals surface area contributed by atoms with Gasteiger partial charge in [-0.3, -0.25) is 4.98 Å². The van der Waals surface area contributed by atoms with E-state index in [1.165, 1.54) is 0 Å². The molecule has 2 heterocycles. The molecular weight excluding hydrogens is 376 g/mol. The van der Waals surface area contributed by atoms with E-state index in [9.17, 15) is 0 Å². The van der Waals surface area contributed by atoms with Gasteiger partial charge in [0.15, 0.2) is 0 Å². The van der Waals surface area contributed by atoms with Crippen LogP contribution < -0.4 is 5.73 Å². The zero-order chi connectivity index (χ0) is 14.0. The maximum Gasteiger partial charge on any atom is 0.243 e. The highest BCUT2D eigenvalue weighted by atomic mass is 79.9. The first-order valence-corrected chi connectivity index (χ1v) is 7.46. The van der Waals surface area contributed by atoms with Crippen LogP contribution in [0.4, 0.5) is 0 Å². The SMILES string of the molecule is CC(C)C[C@@H](N)c1nc(-c2ncc(Br)cc2Br)no1. The molecule has 0 radical (unpaired) electrons. The summed E-state index contributed by atoms with van der Waals surface area (Å²) in [4.78, 5) is 8.58. The maximum atomic E-state index is 6.01. The van der Waals surface area contributed by atoms with Crippen molar-refractivity contribution in [2.75, 3.05) is 0 Å². The molecule has 0 aromatic carbocycles. The number of halogens is 2. The molecular formula is C12H14Br2N4O. The van der Waals surface area contributed by atoms with Crippen molar-refractivity contribution >= 4 is 31.9 Å². The van der Waals surface area contributed by atoms with E-state index < -0.39 is 0 Å². The summed E-state index contributed by atoms with van der Waals surface area (Å²) in [5, 5.41) is 3.93. The van der Waals surface area contributed by atoms with Crippen molar-refractivity contribution in [2.45, 2.75) is 26.3 Å². The van der Waals surface area contributed by atoms with Gasteiger partial charge in [0.1, 0.15) is 5.69 Å². The van der Waals surface area contributed by atoms with Crippen molar-refractivity contribution in [3.63, 3.8) is 0 Å². The zero-order valence-corrected chi connectivity index (χ0v) is 13.8. The smallest absolute Gasteiger partial charge is 0.243 e. The molecule has 0 spiro atoms. The summed E-state index contributed by atoms with van der Waals surface area (Å²) in [6.07, 6.45) is 2.49. The van der Waals surface area contributed by atoms with Gasteiger partial charge >= 0.3 is 0 Å². The largest absolute Gasteiger partial charge is 0.337 e. The van der Waals surface area contributed by atoms with Gasteiger partial charge in [0.05, 0.1) is 6.04 Å². The number of rotatable bonds is 4. The van der Waals surface area contributed by atoms with E-state index in [0.29, 0.717) is 23.3 Å². The highest BCUT2D eigenvalue weighted by molar-refractivity contribution is 9.11. The molecule has 0 aliphatic rings. The Morgan fingerprint density at radius 2 is 2.11 bits per heavy atom. The summed E-state index contributed by atoms with van der Waals surface area (Å²) in [7, 11) is 0. The number of nitrogens with two attached hydrogens (primary N) is 1. The minimum Gasteiger partial charge on any atom is -0.337 e. The fraction of sp³-hybridized carbons (Fsp3) is 0.417. The Morgan fingerprint density at radius 3 is 2.74 bits per heavy atom. The van der Waals surface area contributed by atoms with Crippen LogP contribution in [0.2, 0.25) is 0 Å². The fourth-order valence-electron chi connectivity index (χ4n) is 1.67. The van der Waals surface area contributed by atoms with Gasteiger partial charge in [0, 0.05) is 15.1 Å². The third-order valence-electron chi connectivity index (χ3n) is 2.50. The van der Waals surface area contributed by atoms with E-state index in [4.69, 9.17) is 10.3 Å². The highest BCUT2D eigenvalue weighted by Crippen LogP contribution is 2.27. The number of hydrogen-bond acceptors (Lipinski definition) is 5. The Bertz CT molecular complexity index is 571. The minimum atomic E-state index is -0.240. The Kier molecular flexibility index (Phi) is 4.70. The van der Waals surface area contributed by atoms with Gasteiger partial charge in [0.25, 0.3) is 0 Å². The van der Waals surface area contributed by atoms with Crippen molar-refractivity contribution < 1.29 is 4.52 Å². The molecule has 102 valence electrons. The molecule has 0 aliphatic heterocycles. The summed E-state index contributed by atoms with van der Waals surface area (Å²) in [6, 6.07) is 1.64. The Morgan fingerprint density at radius 1 is 1.37 bits per heavy atom. The lowest BCUT2D eigenvalue weighted by atomic mass is 10.0. The molecule has 19 heavy (non-hydrogen) atoms. The average molecular weight is 390 g/mol. The third kappa shape index (κ3) is 3.61. The van der Waals surface area contributed by atoms with Crippen molar-refractivity contribution in [2.24, 2.45) is 11.7 Å². The number of hydrogen-bond donors (Lipinski definition) is 1. The number of nitrogens with zero attached hydrogens (tertiary/aromatic N) is 3. The molecule has 2 N–H and O–H groups in total. The maximum absolute atomic E-state index is 6.01. The van der Waals surface area contributed by atoms with Gasteiger partial charge in [-0.15, -0.1) is 0 Å². The van der Waals surface area contributed by atoms with Crippen LogP contribution in [0.3, 0.4) is 0 Å². The van der Waals surface area contributed by atoms with Crippen molar-refractivity contribution in [1.82, 2.24) is 15.1 Å². The number of aromatic nitrogens is 3. The van der Waals surface area contributed by atoms with Gasteiger partial charge in [0.2, 0.25) is 11.7 Å². The molecule has 2 aromatic rings. The first kappa shape index (κ1) is 14.6. The van der Waals surface area contributed by atoms with Crippen molar-refractivity contribution in [3.8, 4) is 11.5 Å². The van der Waals surface area contributed by atoms with Crippen LogP contribution in [0.1, 0.15) is 32.2 Å². The molecule has 2 rings (SSSR count). The Hall–Kier alpha value is -0.790. The van der Waals surface area contributed by atoms with Crippen LogP contribution in [0.25, 0.3) is 11.5 Å². The summed E-state index contributed by atoms with van der Waals surface area (Å²) in [5.41, 5.74) is 6.65. The fourth-order valence-corrected chi connectivity index (χ4v) is 2.83. The molecule has 5 nitrogen and oxygen atoms in total. The quantitative estimate of drug-likeness (QED) is 0.862. The predicted molar refractivity (Wildman–Crippen MR) is 79.3 cm³/mol. The predicted octanol–water partition coefficient (Wildman–Crippen LogP) is 3.70. The van der Waals surface area contributed by atoms with Crippen LogP contribution in [-0.4, -0.2) is 15.1 Å². The van der Waals surface area contributed by atoms with Crippen LogP contribution in [0, 0.1) is 5.92 Å². The standard InChI is InChI=1S/C12H14Br2N4O/c1-6(2)3-9(15)12-17-11(18-19-12)10-8(14)4-7(13)5-16-10/h4-6,9H,3,15H2,1-2H3/t9-/m1/s1. The first-order valence-electron chi connectivity index (χ1n) is 5.88. The molecule has 0 saturated carbocycles. The Balaban J connectivity index is 2.25. The van der Waals surface area contributed by atoms with Gasteiger partial charge in [-0.2, -0.15) is 4.98 Å². The third-order valence-corrected chi connectivity index (χ3v) is 3.54. The normalized spacial score (nSPS) is 12.9. The van der Waals surface area contributed by atoms with Gasteiger partial charge in [-0.05, 0) is 50.3 Å². The molecule has 1 atom stereocenters. The molecule has 0 saturated heterocycles. The molecule has 0 bridgehead atoms. The summed E-state index contributed by atoms with van der Waals surface area (Å²) in [6.45, 7) is 4.20. The van der Waals surface area contributed by atoms with Crippen LogP contribution in [0.5, 0.6) is 0 Å². The molecule has 0 amide bonds. The van der Waals surface area contributed by atoms with E-state index in [1.54, 1.807) is 6.20 Å². The number of pyridine rings is 1. The van der Waals surface area contributed by atoms with Crippen LogP contribution in [-0.2, 0) is 0 Å². The first-order chi connectivity index (χ1) is 8.97. The van der Waals surface area contributed by atoms with Crippen molar-refractivity contribution in [3.05, 3.63) is 27.1 Å². The minimum absolute atomic E-state index is 0.240. The summed E-state index contributed by atoms with van der Waals surface area (Å²) in [5.74, 6) is 1.36. The average Bonchev–Trinajstić information content (AvgIpc) is 2.77. The summed E-state index contributed by atoms with van der Waals surface area (Å²) < 4.78 is 6.88. The molecule has 0 fully saturated rings. The molecule has 0 unspecified atom stereocenters. The topological polar surface area (TPSA) is 77.8 Å². The highest BCUT2D eigenvalue weighted by Gasteiger charge is 2.18. The van der Waals surface area contributed by atoms with E-state index >= 15 is 0 Å². The van der Waals surface area contributed by atoms with Gasteiger partial charge in [-0.25, -0.2) is 0 Å². The summed E-state index contributed by atoms with van der Waals surface area (Å²) >= 11 is 6.77. The van der Waals surface area contributed by atoms with Crippen molar-refractivity contribution in [1.29, 1.82) is 0 Å². The lowest BCUT2D eigenvalue weighted by Gasteiger charge is -2.08. The van der Waals surface area contributed by atoms with Gasteiger partial charge < -0.3 is 10.3 Å². The van der Waals surface area contributed by atoms with E-state index in [2.05, 4.69) is 60.8 Å². The molecule has 0 aliphatic carbocycles. The second kappa shape index (κ2) is 6.11. The second-order valence-corrected chi connectivity index (χ2v) is 6.45. The van der Waals surface area contributed by atoms with Crippen LogP contribution >= 0.6 is 31.9 Å². The molecule has 2 aromatic heterocycles. The monoisotopic (exact) mass is 388 g/mol. The van der Waals surface area contributed by atoms with E-state index in [0.717, 1.165) is 15.4 Å². The Labute approximate surface area is 128 Å². The second-order valence-electron chi connectivity index (χ2n) is 4.68. The zero-order valence-electron chi connectivity index (χ0n) is 10.6. The van der Waals surface area contributed by atoms with Crippen LogP contribution in [0.15, 0.2) is 25.7 Å². The lowest BCUT2D eigenvalue weighted by molar-refractivity contribution is 0.335. The molecule has 7 heteroatoms. The van der Waals surface area contributed by atoms with E-state index in [-0.39, 0.29) is 6.04 Å². The van der Waals surface area contributed by atoms with E-state index in [1.807, 2.05) is 6.07 Å².